The summed E-state index contributed by atoms with van der Waals surface area (Å²) >= 11 is 0. The van der Waals surface area contributed by atoms with E-state index in [1.54, 1.807) is 0 Å². The second-order valence-electron chi connectivity index (χ2n) is 6.37. The molecular weight excluding hydrogens is 236 g/mol. The van der Waals surface area contributed by atoms with E-state index < -0.39 is 0 Å². The molecule has 0 amide bonds. The molecular formula is C16H32N2O. The Morgan fingerprint density at radius 2 is 2.05 bits per heavy atom. The summed E-state index contributed by atoms with van der Waals surface area (Å²) in [4.78, 5) is 2.63. The van der Waals surface area contributed by atoms with Gasteiger partial charge in [-0.3, -0.25) is 0 Å². The maximum absolute atomic E-state index is 5.72. The molecule has 2 rings (SSSR count). The fourth-order valence-electron chi connectivity index (χ4n) is 3.49. The number of hydrogen-bond donors (Lipinski definition) is 1. The van der Waals surface area contributed by atoms with Crippen molar-refractivity contribution in [2.75, 3.05) is 32.8 Å². The van der Waals surface area contributed by atoms with Crippen LogP contribution in [0.1, 0.15) is 52.4 Å². The molecule has 19 heavy (non-hydrogen) atoms. The molecule has 0 aromatic rings. The highest BCUT2D eigenvalue weighted by molar-refractivity contribution is 4.78. The molecule has 2 fully saturated rings. The summed E-state index contributed by atoms with van der Waals surface area (Å²) in [6.45, 7) is 10.5. The lowest BCUT2D eigenvalue weighted by Crippen LogP contribution is -2.43. The molecule has 0 aromatic carbocycles. The molecule has 2 atom stereocenters. The summed E-state index contributed by atoms with van der Waals surface area (Å²) in [7, 11) is 0. The van der Waals surface area contributed by atoms with E-state index in [1.807, 2.05) is 0 Å². The van der Waals surface area contributed by atoms with Crippen LogP contribution in [0.5, 0.6) is 0 Å². The summed E-state index contributed by atoms with van der Waals surface area (Å²) in [6, 6.07) is 0.514. The van der Waals surface area contributed by atoms with Gasteiger partial charge in [-0.05, 0) is 51.6 Å². The zero-order chi connectivity index (χ0) is 13.5. The molecule has 0 radical (unpaired) electrons. The third-order valence-corrected chi connectivity index (χ3v) is 4.82. The lowest BCUT2D eigenvalue weighted by molar-refractivity contribution is 0.0818. The number of nitrogens with one attached hydrogen (secondary N) is 1. The second-order valence-corrected chi connectivity index (χ2v) is 6.37. The maximum atomic E-state index is 5.72. The van der Waals surface area contributed by atoms with Crippen LogP contribution in [0.4, 0.5) is 0 Å². The summed E-state index contributed by atoms with van der Waals surface area (Å²) in [6.07, 6.45) is 8.53. The van der Waals surface area contributed by atoms with Gasteiger partial charge in [0.2, 0.25) is 0 Å². The number of nitrogens with zero attached hydrogens (tertiary/aromatic N) is 1. The molecule has 0 spiro atoms. The van der Waals surface area contributed by atoms with Crippen LogP contribution in [0.25, 0.3) is 0 Å². The van der Waals surface area contributed by atoms with E-state index in [4.69, 9.17) is 4.74 Å². The van der Waals surface area contributed by atoms with E-state index in [0.29, 0.717) is 12.1 Å². The third-order valence-electron chi connectivity index (χ3n) is 4.82. The molecule has 2 aliphatic heterocycles. The topological polar surface area (TPSA) is 24.5 Å². The van der Waals surface area contributed by atoms with E-state index >= 15 is 0 Å². The van der Waals surface area contributed by atoms with Crippen molar-refractivity contribution in [1.82, 2.24) is 10.2 Å². The van der Waals surface area contributed by atoms with E-state index in [0.717, 1.165) is 19.1 Å². The molecule has 3 heteroatoms. The van der Waals surface area contributed by atoms with Crippen molar-refractivity contribution in [3.63, 3.8) is 0 Å². The first kappa shape index (κ1) is 15.3. The van der Waals surface area contributed by atoms with Crippen LogP contribution in [-0.2, 0) is 4.74 Å². The quantitative estimate of drug-likeness (QED) is 0.768. The van der Waals surface area contributed by atoms with Crippen molar-refractivity contribution in [3.05, 3.63) is 0 Å². The van der Waals surface area contributed by atoms with Gasteiger partial charge in [0.15, 0.2) is 0 Å². The lowest BCUT2D eigenvalue weighted by Gasteiger charge is -2.32. The van der Waals surface area contributed by atoms with E-state index in [1.165, 1.54) is 58.2 Å². The monoisotopic (exact) mass is 268 g/mol. The van der Waals surface area contributed by atoms with Crippen LogP contribution in [0.15, 0.2) is 0 Å². The maximum Gasteiger partial charge on any atom is 0.0726 e. The number of hydrogen-bond acceptors (Lipinski definition) is 3. The minimum Gasteiger partial charge on any atom is -0.377 e. The Kier molecular flexibility index (Phi) is 6.62. The van der Waals surface area contributed by atoms with Gasteiger partial charge in [0.1, 0.15) is 0 Å². The van der Waals surface area contributed by atoms with Crippen molar-refractivity contribution in [3.8, 4) is 0 Å². The Labute approximate surface area is 119 Å². The smallest absolute Gasteiger partial charge is 0.0726 e. The van der Waals surface area contributed by atoms with Crippen LogP contribution in [-0.4, -0.2) is 49.8 Å². The molecule has 0 aliphatic carbocycles. The minimum absolute atomic E-state index is 0.454. The van der Waals surface area contributed by atoms with Crippen molar-refractivity contribution in [2.45, 2.75) is 64.5 Å². The SMILES string of the molecule is CCCC1CCN(CCNC(C)C2CCCO2)CC1. The second kappa shape index (κ2) is 8.23. The molecule has 0 bridgehead atoms. The fourth-order valence-corrected chi connectivity index (χ4v) is 3.49. The molecule has 0 aromatic heterocycles. The van der Waals surface area contributed by atoms with Gasteiger partial charge in [-0.1, -0.05) is 19.8 Å². The molecule has 2 saturated heterocycles. The largest absolute Gasteiger partial charge is 0.377 e. The van der Waals surface area contributed by atoms with Crippen molar-refractivity contribution >= 4 is 0 Å². The fraction of sp³-hybridized carbons (Fsp3) is 1.00. The number of ether oxygens (including phenoxy) is 1. The van der Waals surface area contributed by atoms with Crippen molar-refractivity contribution < 1.29 is 4.74 Å². The highest BCUT2D eigenvalue weighted by Gasteiger charge is 2.22. The van der Waals surface area contributed by atoms with E-state index in [9.17, 15) is 0 Å². The Hall–Kier alpha value is -0.120. The van der Waals surface area contributed by atoms with Gasteiger partial charge in [0.25, 0.3) is 0 Å². The summed E-state index contributed by atoms with van der Waals surface area (Å²) in [5, 5.41) is 3.64. The number of piperidine rings is 1. The average Bonchev–Trinajstić information content (AvgIpc) is 2.95. The Morgan fingerprint density at radius 1 is 1.26 bits per heavy atom. The van der Waals surface area contributed by atoms with Gasteiger partial charge in [-0.25, -0.2) is 0 Å². The first-order chi connectivity index (χ1) is 9.29. The normalized spacial score (nSPS) is 27.8. The highest BCUT2D eigenvalue weighted by Crippen LogP contribution is 2.21. The number of likely N-dealkylation sites (tertiary alicyclic amines) is 1. The Balaban J connectivity index is 1.54. The molecule has 112 valence electrons. The van der Waals surface area contributed by atoms with Gasteiger partial charge in [-0.2, -0.15) is 0 Å². The lowest BCUT2D eigenvalue weighted by atomic mass is 9.92. The Morgan fingerprint density at radius 3 is 2.68 bits per heavy atom. The van der Waals surface area contributed by atoms with Gasteiger partial charge in [0, 0.05) is 25.7 Å². The van der Waals surface area contributed by atoms with Crippen molar-refractivity contribution in [2.24, 2.45) is 5.92 Å². The van der Waals surface area contributed by atoms with Crippen molar-refractivity contribution in [1.29, 1.82) is 0 Å². The molecule has 1 N–H and O–H groups in total. The third kappa shape index (κ3) is 5.05. The van der Waals surface area contributed by atoms with E-state index in [-0.39, 0.29) is 0 Å². The summed E-state index contributed by atoms with van der Waals surface area (Å²) in [5.74, 6) is 1.00. The molecule has 0 saturated carbocycles. The molecule has 2 heterocycles. The van der Waals surface area contributed by atoms with Gasteiger partial charge < -0.3 is 15.0 Å². The molecule has 2 unspecified atom stereocenters. The highest BCUT2D eigenvalue weighted by atomic mass is 16.5. The van der Waals surface area contributed by atoms with Crippen LogP contribution >= 0.6 is 0 Å². The zero-order valence-electron chi connectivity index (χ0n) is 12.9. The zero-order valence-corrected chi connectivity index (χ0v) is 12.9. The summed E-state index contributed by atoms with van der Waals surface area (Å²) in [5.41, 5.74) is 0. The van der Waals surface area contributed by atoms with Gasteiger partial charge >= 0.3 is 0 Å². The molecule has 3 nitrogen and oxygen atoms in total. The first-order valence-electron chi connectivity index (χ1n) is 8.37. The minimum atomic E-state index is 0.454. The summed E-state index contributed by atoms with van der Waals surface area (Å²) < 4.78 is 5.72. The Bertz CT molecular complexity index is 233. The number of rotatable bonds is 7. The van der Waals surface area contributed by atoms with Gasteiger partial charge in [-0.15, -0.1) is 0 Å². The van der Waals surface area contributed by atoms with E-state index in [2.05, 4.69) is 24.1 Å². The van der Waals surface area contributed by atoms with Gasteiger partial charge in [0.05, 0.1) is 6.10 Å². The average molecular weight is 268 g/mol. The first-order valence-corrected chi connectivity index (χ1v) is 8.37. The van der Waals surface area contributed by atoms with Crippen LogP contribution < -0.4 is 5.32 Å². The van der Waals surface area contributed by atoms with Crippen LogP contribution in [0.2, 0.25) is 0 Å². The van der Waals surface area contributed by atoms with Crippen LogP contribution in [0.3, 0.4) is 0 Å². The molecule has 2 aliphatic rings. The van der Waals surface area contributed by atoms with Crippen LogP contribution in [0, 0.1) is 5.92 Å². The predicted molar refractivity (Wildman–Crippen MR) is 80.5 cm³/mol. The standard InChI is InChI=1S/C16H32N2O/c1-3-5-15-7-10-18(11-8-15)12-9-17-14(2)16-6-4-13-19-16/h14-17H,3-13H2,1-2H3. The predicted octanol–water partition coefficient (Wildman–Crippen LogP) is 2.66.